The van der Waals surface area contributed by atoms with Crippen molar-refractivity contribution in [1.29, 1.82) is 0 Å². The lowest BCUT2D eigenvalue weighted by atomic mass is 10.1. The van der Waals surface area contributed by atoms with E-state index in [1.54, 1.807) is 28.4 Å². The van der Waals surface area contributed by atoms with Gasteiger partial charge in [-0.15, -0.1) is 29.9 Å². The summed E-state index contributed by atoms with van der Waals surface area (Å²) in [5.41, 5.74) is 0.0495. The van der Waals surface area contributed by atoms with Crippen molar-refractivity contribution in [3.63, 3.8) is 0 Å². The Kier molecular flexibility index (Phi) is 3.49. The SMILES string of the molecule is C#CCSC1NC2CCSC2C(=O)N1C. The summed E-state index contributed by atoms with van der Waals surface area (Å²) in [4.78, 5) is 13.8. The average Bonchev–Trinajstić information content (AvgIpc) is 2.69. The summed E-state index contributed by atoms with van der Waals surface area (Å²) in [5, 5.41) is 3.60. The lowest BCUT2D eigenvalue weighted by Crippen LogP contribution is -2.60. The molecule has 0 aromatic carbocycles. The third kappa shape index (κ3) is 2.12. The number of rotatable bonds is 2. The molecule has 15 heavy (non-hydrogen) atoms. The maximum absolute atomic E-state index is 12.0. The molecular weight excluding hydrogens is 228 g/mol. The summed E-state index contributed by atoms with van der Waals surface area (Å²) in [6.45, 7) is 0. The third-order valence-electron chi connectivity index (χ3n) is 2.72. The Morgan fingerprint density at radius 1 is 1.80 bits per heavy atom. The maximum atomic E-state index is 12.0. The molecule has 3 atom stereocenters. The Bertz CT molecular complexity index is 302. The molecule has 0 aliphatic carbocycles. The molecule has 2 aliphatic rings. The number of hydrogen-bond acceptors (Lipinski definition) is 4. The van der Waals surface area contributed by atoms with Gasteiger partial charge in [0.2, 0.25) is 5.91 Å². The number of hydrogen-bond donors (Lipinski definition) is 1. The standard InChI is InChI=1S/C10H14N2OS2/c1-3-5-15-10-11-7-4-6-14-8(7)9(13)12(10)2/h1,7-8,10-11H,4-6H2,2H3. The van der Waals surface area contributed by atoms with E-state index in [0.29, 0.717) is 11.8 Å². The van der Waals surface area contributed by atoms with Crippen molar-refractivity contribution in [3.8, 4) is 12.3 Å². The van der Waals surface area contributed by atoms with Crippen LogP contribution in [0.5, 0.6) is 0 Å². The van der Waals surface area contributed by atoms with Crippen LogP contribution in [0, 0.1) is 12.3 Å². The molecule has 2 saturated heterocycles. The molecule has 82 valence electrons. The van der Waals surface area contributed by atoms with E-state index in [4.69, 9.17) is 6.42 Å². The van der Waals surface area contributed by atoms with Crippen molar-refractivity contribution in [2.75, 3.05) is 18.6 Å². The van der Waals surface area contributed by atoms with E-state index in [0.717, 1.165) is 12.2 Å². The number of carbonyl (C=O) groups excluding carboxylic acids is 1. The second-order valence-electron chi connectivity index (χ2n) is 3.67. The highest BCUT2D eigenvalue weighted by Gasteiger charge is 2.42. The summed E-state index contributed by atoms with van der Waals surface area (Å²) in [7, 11) is 1.85. The van der Waals surface area contributed by atoms with Crippen molar-refractivity contribution < 1.29 is 4.79 Å². The Morgan fingerprint density at radius 3 is 3.33 bits per heavy atom. The summed E-state index contributed by atoms with van der Waals surface area (Å²) in [6.07, 6.45) is 6.31. The molecule has 5 heteroatoms. The zero-order valence-corrected chi connectivity index (χ0v) is 10.2. The van der Waals surface area contributed by atoms with Gasteiger partial charge < -0.3 is 4.90 Å². The number of thioether (sulfide) groups is 2. The van der Waals surface area contributed by atoms with Crippen LogP contribution >= 0.6 is 23.5 Å². The Morgan fingerprint density at radius 2 is 2.60 bits per heavy atom. The molecule has 2 aliphatic heterocycles. The molecule has 2 rings (SSSR count). The third-order valence-corrected chi connectivity index (χ3v) is 5.18. The first-order valence-corrected chi connectivity index (χ1v) is 7.03. The van der Waals surface area contributed by atoms with Gasteiger partial charge in [0.15, 0.2) is 0 Å². The largest absolute Gasteiger partial charge is 0.320 e. The second kappa shape index (κ2) is 4.69. The van der Waals surface area contributed by atoms with Crippen LogP contribution in [0.2, 0.25) is 0 Å². The van der Waals surface area contributed by atoms with Crippen molar-refractivity contribution in [1.82, 2.24) is 10.2 Å². The monoisotopic (exact) mass is 242 g/mol. The average molecular weight is 242 g/mol. The molecule has 0 radical (unpaired) electrons. The van der Waals surface area contributed by atoms with E-state index in [2.05, 4.69) is 11.2 Å². The molecule has 2 heterocycles. The van der Waals surface area contributed by atoms with Crippen molar-refractivity contribution in [2.45, 2.75) is 23.2 Å². The van der Waals surface area contributed by atoms with E-state index in [1.165, 1.54) is 0 Å². The quantitative estimate of drug-likeness (QED) is 0.718. The molecule has 0 bridgehead atoms. The molecule has 3 unspecified atom stereocenters. The van der Waals surface area contributed by atoms with Crippen LogP contribution in [0.1, 0.15) is 6.42 Å². The van der Waals surface area contributed by atoms with Gasteiger partial charge in [0.1, 0.15) is 5.50 Å². The lowest BCUT2D eigenvalue weighted by molar-refractivity contribution is -0.133. The van der Waals surface area contributed by atoms with Gasteiger partial charge in [-0.1, -0.05) is 5.92 Å². The van der Waals surface area contributed by atoms with Crippen molar-refractivity contribution in [2.24, 2.45) is 0 Å². The van der Waals surface area contributed by atoms with E-state index in [9.17, 15) is 4.79 Å². The van der Waals surface area contributed by atoms with Gasteiger partial charge in [-0.2, -0.15) is 0 Å². The smallest absolute Gasteiger partial charge is 0.238 e. The predicted octanol–water partition coefficient (Wildman–Crippen LogP) is 0.572. The fraction of sp³-hybridized carbons (Fsp3) is 0.700. The second-order valence-corrected chi connectivity index (χ2v) is 5.99. The van der Waals surface area contributed by atoms with E-state index in [-0.39, 0.29) is 16.7 Å². The highest BCUT2D eigenvalue weighted by atomic mass is 32.2. The van der Waals surface area contributed by atoms with Crippen molar-refractivity contribution in [3.05, 3.63) is 0 Å². The Hall–Kier alpha value is -0.310. The van der Waals surface area contributed by atoms with Crippen LogP contribution in [0.3, 0.4) is 0 Å². The first-order chi connectivity index (χ1) is 7.24. The number of carbonyl (C=O) groups is 1. The number of fused-ring (bicyclic) bond motifs is 1. The summed E-state index contributed by atoms with van der Waals surface area (Å²) < 4.78 is 0. The molecule has 0 aromatic rings. The Labute approximate surface area is 98.7 Å². The van der Waals surface area contributed by atoms with Gasteiger partial charge in [0.25, 0.3) is 0 Å². The minimum atomic E-state index is 0.0495. The van der Waals surface area contributed by atoms with Gasteiger partial charge >= 0.3 is 0 Å². The van der Waals surface area contributed by atoms with E-state index >= 15 is 0 Å². The van der Waals surface area contributed by atoms with Crippen LogP contribution in [-0.4, -0.2) is 46.2 Å². The molecule has 3 nitrogen and oxygen atoms in total. The van der Waals surface area contributed by atoms with Gasteiger partial charge in [-0.25, -0.2) is 0 Å². The maximum Gasteiger partial charge on any atom is 0.238 e. The van der Waals surface area contributed by atoms with Gasteiger partial charge in [-0.05, 0) is 12.2 Å². The van der Waals surface area contributed by atoms with Crippen LogP contribution < -0.4 is 5.32 Å². The van der Waals surface area contributed by atoms with Gasteiger partial charge in [0.05, 0.1) is 11.0 Å². The minimum Gasteiger partial charge on any atom is -0.320 e. The van der Waals surface area contributed by atoms with Crippen LogP contribution in [0.4, 0.5) is 0 Å². The topological polar surface area (TPSA) is 32.3 Å². The first kappa shape index (κ1) is 11.2. The normalized spacial score (nSPS) is 35.1. The number of amides is 1. The van der Waals surface area contributed by atoms with Gasteiger partial charge in [-0.3, -0.25) is 10.1 Å². The number of nitrogens with zero attached hydrogens (tertiary/aromatic N) is 1. The fourth-order valence-corrected chi connectivity index (χ4v) is 4.15. The Balaban J connectivity index is 2.03. The van der Waals surface area contributed by atoms with Crippen LogP contribution in [0.25, 0.3) is 0 Å². The van der Waals surface area contributed by atoms with Crippen LogP contribution in [-0.2, 0) is 4.79 Å². The first-order valence-electron chi connectivity index (χ1n) is 4.93. The van der Waals surface area contributed by atoms with Crippen LogP contribution in [0.15, 0.2) is 0 Å². The van der Waals surface area contributed by atoms with Crippen molar-refractivity contribution >= 4 is 29.4 Å². The zero-order chi connectivity index (χ0) is 10.8. The zero-order valence-electron chi connectivity index (χ0n) is 8.60. The van der Waals surface area contributed by atoms with Gasteiger partial charge in [0, 0.05) is 13.1 Å². The molecule has 1 amide bonds. The lowest BCUT2D eigenvalue weighted by Gasteiger charge is -2.39. The number of nitrogens with one attached hydrogen (secondary N) is 1. The van der Waals surface area contributed by atoms with E-state index < -0.39 is 0 Å². The fourth-order valence-electron chi connectivity index (χ4n) is 1.90. The highest BCUT2D eigenvalue weighted by molar-refractivity contribution is 8.01. The molecule has 0 saturated carbocycles. The highest BCUT2D eigenvalue weighted by Crippen LogP contribution is 2.33. The minimum absolute atomic E-state index is 0.0495. The predicted molar refractivity (Wildman–Crippen MR) is 65.6 cm³/mol. The molecular formula is C10H14N2OS2. The molecule has 0 aromatic heterocycles. The summed E-state index contributed by atoms with van der Waals surface area (Å²) >= 11 is 3.37. The van der Waals surface area contributed by atoms with E-state index in [1.807, 2.05) is 7.05 Å². The molecule has 0 spiro atoms. The summed E-state index contributed by atoms with van der Waals surface area (Å²) in [6, 6.07) is 0.342. The number of terminal acetylenes is 1. The summed E-state index contributed by atoms with van der Waals surface area (Å²) in [5.74, 6) is 4.55. The molecule has 2 fully saturated rings. The molecule has 1 N–H and O–H groups in total.